The molecule has 0 unspecified atom stereocenters. The van der Waals surface area contributed by atoms with E-state index >= 15 is 0 Å². The summed E-state index contributed by atoms with van der Waals surface area (Å²) in [5.74, 6) is -0.905. The van der Waals surface area contributed by atoms with Crippen LogP contribution in [0.5, 0.6) is 0 Å². The molecule has 1 aromatic carbocycles. The molecule has 0 bridgehead atoms. The number of fused-ring (bicyclic) bond motifs is 3. The number of carbonyl (C=O) groups is 1. The monoisotopic (exact) mass is 228 g/mol. The lowest BCUT2D eigenvalue weighted by Crippen LogP contribution is -2.04. The minimum atomic E-state index is -0.905. The van der Waals surface area contributed by atoms with Gasteiger partial charge in [0.15, 0.2) is 0 Å². The van der Waals surface area contributed by atoms with Gasteiger partial charge in [-0.15, -0.1) is 0 Å². The molecule has 0 fully saturated rings. The predicted molar refractivity (Wildman–Crippen MR) is 66.5 cm³/mol. The molecule has 0 aliphatic rings. The molecule has 86 valence electrons. The van der Waals surface area contributed by atoms with Gasteiger partial charge in [0.05, 0.1) is 5.52 Å². The van der Waals surface area contributed by atoms with Crippen molar-refractivity contribution in [3.05, 3.63) is 35.5 Å². The first-order valence-corrected chi connectivity index (χ1v) is 5.39. The van der Waals surface area contributed by atoms with Gasteiger partial charge < -0.3 is 14.7 Å². The Hall–Kier alpha value is -2.23. The van der Waals surface area contributed by atoms with Crippen LogP contribution in [-0.2, 0) is 7.05 Å². The first kappa shape index (κ1) is 9.96. The summed E-state index contributed by atoms with van der Waals surface area (Å²) in [6.45, 7) is 2.04. The molecule has 2 aromatic heterocycles. The molecule has 0 atom stereocenters. The van der Waals surface area contributed by atoms with Crippen molar-refractivity contribution in [3.8, 4) is 0 Å². The van der Waals surface area contributed by atoms with Crippen LogP contribution in [-0.4, -0.2) is 20.6 Å². The van der Waals surface area contributed by atoms with E-state index in [1.54, 1.807) is 17.7 Å². The molecule has 17 heavy (non-hydrogen) atoms. The fourth-order valence-corrected chi connectivity index (χ4v) is 2.34. The van der Waals surface area contributed by atoms with Crippen molar-refractivity contribution >= 4 is 27.9 Å². The minimum absolute atomic E-state index is 0.301. The lowest BCUT2D eigenvalue weighted by atomic mass is 10.1. The van der Waals surface area contributed by atoms with Gasteiger partial charge in [-0.05, 0) is 18.6 Å². The van der Waals surface area contributed by atoms with Crippen molar-refractivity contribution in [1.29, 1.82) is 0 Å². The summed E-state index contributed by atoms with van der Waals surface area (Å²) >= 11 is 0. The van der Waals surface area contributed by atoms with Gasteiger partial charge in [0.2, 0.25) is 0 Å². The van der Waals surface area contributed by atoms with Crippen molar-refractivity contribution in [1.82, 2.24) is 9.55 Å². The third-order valence-electron chi connectivity index (χ3n) is 3.26. The van der Waals surface area contributed by atoms with E-state index in [0.717, 1.165) is 27.5 Å². The molecular formula is C13H12N2O2. The second-order valence-corrected chi connectivity index (χ2v) is 4.28. The molecular weight excluding hydrogens is 216 g/mol. The highest BCUT2D eigenvalue weighted by atomic mass is 16.4. The number of aryl methyl sites for hydroxylation is 2. The van der Waals surface area contributed by atoms with Crippen LogP contribution < -0.4 is 0 Å². The maximum absolute atomic E-state index is 11.1. The maximum Gasteiger partial charge on any atom is 0.352 e. The minimum Gasteiger partial charge on any atom is -0.477 e. The summed E-state index contributed by atoms with van der Waals surface area (Å²) in [6, 6.07) is 7.75. The van der Waals surface area contributed by atoms with Crippen molar-refractivity contribution < 1.29 is 9.90 Å². The summed E-state index contributed by atoms with van der Waals surface area (Å²) in [5, 5.41) is 11.1. The average molecular weight is 228 g/mol. The number of carboxylic acids is 1. The van der Waals surface area contributed by atoms with E-state index in [0.29, 0.717) is 5.69 Å². The first-order valence-electron chi connectivity index (χ1n) is 5.39. The number of para-hydroxylation sites is 1. The number of hydrogen-bond donors (Lipinski definition) is 2. The third-order valence-corrected chi connectivity index (χ3v) is 3.26. The van der Waals surface area contributed by atoms with E-state index in [1.807, 2.05) is 25.1 Å². The van der Waals surface area contributed by atoms with Gasteiger partial charge in [-0.25, -0.2) is 4.79 Å². The number of nitrogens with one attached hydrogen (secondary N) is 1. The second-order valence-electron chi connectivity index (χ2n) is 4.28. The molecule has 0 aliphatic heterocycles. The lowest BCUT2D eigenvalue weighted by molar-refractivity contribution is 0.0687. The maximum atomic E-state index is 11.1. The molecule has 2 heterocycles. The van der Waals surface area contributed by atoms with E-state index < -0.39 is 5.97 Å². The number of aromatic nitrogens is 2. The molecule has 3 rings (SSSR count). The normalized spacial score (nSPS) is 11.4. The number of carboxylic acid groups (broad SMARTS) is 1. The van der Waals surface area contributed by atoms with Gasteiger partial charge in [0, 0.05) is 17.8 Å². The largest absolute Gasteiger partial charge is 0.477 e. The van der Waals surface area contributed by atoms with Crippen LogP contribution >= 0.6 is 0 Å². The van der Waals surface area contributed by atoms with E-state index in [2.05, 4.69) is 4.98 Å². The molecule has 4 nitrogen and oxygen atoms in total. The predicted octanol–water partition coefficient (Wildman–Crippen LogP) is 2.67. The Morgan fingerprint density at radius 3 is 2.82 bits per heavy atom. The average Bonchev–Trinajstić information content (AvgIpc) is 2.78. The Bertz CT molecular complexity index is 750. The number of benzene rings is 1. The Balaban J connectivity index is 2.49. The molecule has 0 spiro atoms. The highest BCUT2D eigenvalue weighted by Crippen LogP contribution is 2.29. The Morgan fingerprint density at radius 2 is 2.12 bits per heavy atom. The highest BCUT2D eigenvalue weighted by Gasteiger charge is 2.16. The van der Waals surface area contributed by atoms with E-state index in [1.165, 1.54) is 0 Å². The summed E-state index contributed by atoms with van der Waals surface area (Å²) in [5.41, 5.74) is 3.39. The first-order chi connectivity index (χ1) is 8.09. The van der Waals surface area contributed by atoms with Crippen molar-refractivity contribution in [2.45, 2.75) is 6.92 Å². The van der Waals surface area contributed by atoms with Crippen molar-refractivity contribution in [2.24, 2.45) is 7.05 Å². The molecule has 0 saturated carbocycles. The van der Waals surface area contributed by atoms with Crippen LogP contribution in [0, 0.1) is 6.92 Å². The summed E-state index contributed by atoms with van der Waals surface area (Å²) in [4.78, 5) is 14.3. The Morgan fingerprint density at radius 1 is 1.35 bits per heavy atom. The fourth-order valence-electron chi connectivity index (χ4n) is 2.34. The van der Waals surface area contributed by atoms with E-state index in [9.17, 15) is 4.79 Å². The molecule has 3 aromatic rings. The zero-order chi connectivity index (χ0) is 12.2. The van der Waals surface area contributed by atoms with Crippen LogP contribution in [0.4, 0.5) is 0 Å². The number of nitrogens with zero attached hydrogens (tertiary/aromatic N) is 1. The topological polar surface area (TPSA) is 58.0 Å². The molecule has 0 saturated heterocycles. The quantitative estimate of drug-likeness (QED) is 0.672. The number of H-pyrrole nitrogens is 1. The second kappa shape index (κ2) is 3.13. The lowest BCUT2D eigenvalue weighted by Gasteiger charge is -1.98. The van der Waals surface area contributed by atoms with Crippen LogP contribution in [0.1, 0.15) is 16.1 Å². The Kier molecular flexibility index (Phi) is 1.84. The summed E-state index contributed by atoms with van der Waals surface area (Å²) < 4.78 is 1.68. The van der Waals surface area contributed by atoms with Crippen LogP contribution in [0.3, 0.4) is 0 Å². The SMILES string of the molecule is Cc1cccc2c1[nH]c1c2cc(C(=O)O)n1C. The highest BCUT2D eigenvalue weighted by molar-refractivity contribution is 6.10. The zero-order valence-corrected chi connectivity index (χ0v) is 9.61. The Labute approximate surface area is 97.5 Å². The summed E-state index contributed by atoms with van der Waals surface area (Å²) in [6.07, 6.45) is 0. The van der Waals surface area contributed by atoms with Gasteiger partial charge in [-0.3, -0.25) is 0 Å². The molecule has 0 amide bonds. The molecule has 0 radical (unpaired) electrons. The van der Waals surface area contributed by atoms with Crippen molar-refractivity contribution in [3.63, 3.8) is 0 Å². The van der Waals surface area contributed by atoms with Gasteiger partial charge in [0.25, 0.3) is 0 Å². The fraction of sp³-hybridized carbons (Fsp3) is 0.154. The van der Waals surface area contributed by atoms with Crippen molar-refractivity contribution in [2.75, 3.05) is 0 Å². The molecule has 2 N–H and O–H groups in total. The van der Waals surface area contributed by atoms with Gasteiger partial charge in [0.1, 0.15) is 11.3 Å². The number of aromatic amines is 1. The van der Waals surface area contributed by atoms with Crippen LogP contribution in [0.25, 0.3) is 21.9 Å². The molecule has 0 aliphatic carbocycles. The van der Waals surface area contributed by atoms with E-state index in [4.69, 9.17) is 5.11 Å². The standard InChI is InChI=1S/C13H12N2O2/c1-7-4-3-5-8-9-6-10(13(16)17)15(2)12(9)14-11(7)8/h3-6,14H,1-2H3,(H,16,17). The van der Waals surface area contributed by atoms with E-state index in [-0.39, 0.29) is 0 Å². The molecule has 4 heteroatoms. The number of rotatable bonds is 1. The third kappa shape index (κ3) is 1.21. The smallest absolute Gasteiger partial charge is 0.352 e. The summed E-state index contributed by atoms with van der Waals surface area (Å²) in [7, 11) is 1.76. The number of hydrogen-bond acceptors (Lipinski definition) is 1. The zero-order valence-electron chi connectivity index (χ0n) is 9.61. The van der Waals surface area contributed by atoms with Gasteiger partial charge in [-0.2, -0.15) is 0 Å². The van der Waals surface area contributed by atoms with Crippen LogP contribution in [0.15, 0.2) is 24.3 Å². The van der Waals surface area contributed by atoms with Gasteiger partial charge in [-0.1, -0.05) is 18.2 Å². The van der Waals surface area contributed by atoms with Crippen LogP contribution in [0.2, 0.25) is 0 Å². The number of aromatic carboxylic acids is 1. The van der Waals surface area contributed by atoms with Gasteiger partial charge >= 0.3 is 5.97 Å².